The Labute approximate surface area is 125 Å². The molecule has 0 unspecified atom stereocenters. The van der Waals surface area contributed by atoms with Crippen LogP contribution < -0.4 is 4.90 Å². The molecule has 112 valence electrons. The smallest absolute Gasteiger partial charge is 0.133 e. The van der Waals surface area contributed by atoms with Crippen LogP contribution in [0, 0.1) is 5.82 Å². The fraction of sp³-hybridized carbons (Fsp3) is 0.353. The van der Waals surface area contributed by atoms with Crippen molar-refractivity contribution in [3.63, 3.8) is 0 Å². The highest BCUT2D eigenvalue weighted by Gasteiger charge is 2.18. The van der Waals surface area contributed by atoms with Gasteiger partial charge < -0.3 is 10.0 Å². The number of aromatic nitrogens is 1. The number of rotatable bonds is 3. The average Bonchev–Trinajstić information content (AvgIpc) is 2.45. The molecule has 0 spiro atoms. The van der Waals surface area contributed by atoms with E-state index in [1.54, 1.807) is 6.07 Å². The molecule has 0 radical (unpaired) electrons. The van der Waals surface area contributed by atoms with Crippen molar-refractivity contribution in [1.82, 2.24) is 4.98 Å². The molecule has 1 N–H and O–H groups in total. The molecule has 0 aliphatic rings. The number of aliphatic hydroxyl groups is 1. The van der Waals surface area contributed by atoms with Gasteiger partial charge in [0.1, 0.15) is 11.6 Å². The van der Waals surface area contributed by atoms with E-state index in [0.717, 1.165) is 16.9 Å². The normalized spacial score (nSPS) is 11.5. The van der Waals surface area contributed by atoms with Crippen LogP contribution in [0.1, 0.15) is 32.0 Å². The second kappa shape index (κ2) is 5.82. The van der Waals surface area contributed by atoms with Crippen molar-refractivity contribution in [3.05, 3.63) is 53.5 Å². The van der Waals surface area contributed by atoms with Crippen LogP contribution in [0.3, 0.4) is 0 Å². The summed E-state index contributed by atoms with van der Waals surface area (Å²) in [6.07, 6.45) is 0. The van der Waals surface area contributed by atoms with Crippen LogP contribution in [0.4, 0.5) is 15.9 Å². The number of hydrogen-bond donors (Lipinski definition) is 1. The Morgan fingerprint density at radius 2 is 1.90 bits per heavy atom. The van der Waals surface area contributed by atoms with Gasteiger partial charge in [-0.15, -0.1) is 0 Å². The van der Waals surface area contributed by atoms with Crippen LogP contribution in [0.15, 0.2) is 36.4 Å². The maximum Gasteiger partial charge on any atom is 0.133 e. The first-order valence-electron chi connectivity index (χ1n) is 6.93. The van der Waals surface area contributed by atoms with E-state index in [-0.39, 0.29) is 17.8 Å². The van der Waals surface area contributed by atoms with Gasteiger partial charge in [0.2, 0.25) is 0 Å². The van der Waals surface area contributed by atoms with Gasteiger partial charge in [0.05, 0.1) is 6.61 Å². The molecule has 0 saturated heterocycles. The van der Waals surface area contributed by atoms with Crippen molar-refractivity contribution in [2.75, 3.05) is 11.9 Å². The minimum atomic E-state index is -0.284. The van der Waals surface area contributed by atoms with Crippen molar-refractivity contribution >= 4 is 11.5 Å². The molecule has 0 amide bonds. The minimum Gasteiger partial charge on any atom is -0.392 e. The van der Waals surface area contributed by atoms with Gasteiger partial charge in [-0.2, -0.15) is 0 Å². The van der Waals surface area contributed by atoms with Crippen molar-refractivity contribution in [2.45, 2.75) is 32.8 Å². The van der Waals surface area contributed by atoms with Crippen LogP contribution in [0.5, 0.6) is 0 Å². The maximum absolute atomic E-state index is 13.4. The molecule has 1 aromatic heterocycles. The van der Waals surface area contributed by atoms with Gasteiger partial charge in [-0.1, -0.05) is 26.8 Å². The van der Waals surface area contributed by atoms with E-state index < -0.39 is 0 Å². The lowest BCUT2D eigenvalue weighted by Crippen LogP contribution is -2.18. The third-order valence-corrected chi connectivity index (χ3v) is 3.36. The first-order chi connectivity index (χ1) is 9.81. The molecular formula is C17H21FN2O. The number of hydrogen-bond acceptors (Lipinski definition) is 3. The Morgan fingerprint density at radius 3 is 2.48 bits per heavy atom. The van der Waals surface area contributed by atoms with Crippen molar-refractivity contribution < 1.29 is 9.50 Å². The third kappa shape index (κ3) is 3.58. The van der Waals surface area contributed by atoms with E-state index >= 15 is 0 Å². The maximum atomic E-state index is 13.4. The number of pyridine rings is 1. The molecule has 0 fully saturated rings. The molecule has 0 bridgehead atoms. The second-order valence-electron chi connectivity index (χ2n) is 6.17. The molecule has 3 nitrogen and oxygen atoms in total. The standard InChI is InChI=1S/C17H21FN2O/c1-17(2,3)15-8-12(11-21)9-16(19-15)20(4)14-7-5-6-13(18)10-14/h5-10,21H,11H2,1-4H3. The summed E-state index contributed by atoms with van der Waals surface area (Å²) in [6, 6.07) is 10.1. The summed E-state index contributed by atoms with van der Waals surface area (Å²) in [5.74, 6) is 0.408. The number of aliphatic hydroxyl groups excluding tert-OH is 1. The van der Waals surface area contributed by atoms with Crippen LogP contribution >= 0.6 is 0 Å². The predicted octanol–water partition coefficient (Wildman–Crippen LogP) is 3.78. The lowest BCUT2D eigenvalue weighted by Gasteiger charge is -2.24. The molecule has 2 aromatic rings. The van der Waals surface area contributed by atoms with Crippen molar-refractivity contribution in [3.8, 4) is 0 Å². The van der Waals surface area contributed by atoms with Gasteiger partial charge in [-0.25, -0.2) is 9.37 Å². The Balaban J connectivity index is 2.47. The summed E-state index contributed by atoms with van der Waals surface area (Å²) in [5.41, 5.74) is 2.29. The highest BCUT2D eigenvalue weighted by Crippen LogP contribution is 2.28. The van der Waals surface area contributed by atoms with Crippen molar-refractivity contribution in [2.24, 2.45) is 0 Å². The molecular weight excluding hydrogens is 267 g/mol. The monoisotopic (exact) mass is 288 g/mol. The van der Waals surface area contributed by atoms with Gasteiger partial charge in [0.25, 0.3) is 0 Å². The van der Waals surface area contributed by atoms with Crippen LogP contribution in [0.25, 0.3) is 0 Å². The third-order valence-electron chi connectivity index (χ3n) is 3.36. The number of halogens is 1. The topological polar surface area (TPSA) is 36.4 Å². The minimum absolute atomic E-state index is 0.0460. The van der Waals surface area contributed by atoms with Crippen LogP contribution in [0.2, 0.25) is 0 Å². The number of benzene rings is 1. The summed E-state index contributed by atoms with van der Waals surface area (Å²) in [5, 5.41) is 9.44. The summed E-state index contributed by atoms with van der Waals surface area (Å²) >= 11 is 0. The summed E-state index contributed by atoms with van der Waals surface area (Å²) < 4.78 is 13.4. The van der Waals surface area contributed by atoms with Crippen molar-refractivity contribution in [1.29, 1.82) is 0 Å². The quantitative estimate of drug-likeness (QED) is 0.933. The zero-order valence-corrected chi connectivity index (χ0v) is 12.9. The highest BCUT2D eigenvalue weighted by atomic mass is 19.1. The van der Waals surface area contributed by atoms with E-state index in [1.165, 1.54) is 12.1 Å². The van der Waals surface area contributed by atoms with E-state index in [9.17, 15) is 9.50 Å². The summed E-state index contributed by atoms with van der Waals surface area (Å²) in [6.45, 7) is 6.17. The molecule has 4 heteroatoms. The Bertz CT molecular complexity index is 635. The first kappa shape index (κ1) is 15.4. The number of anilines is 2. The van der Waals surface area contributed by atoms with Gasteiger partial charge >= 0.3 is 0 Å². The molecule has 2 rings (SSSR count). The largest absolute Gasteiger partial charge is 0.392 e. The lowest BCUT2D eigenvalue weighted by molar-refractivity contribution is 0.281. The fourth-order valence-corrected chi connectivity index (χ4v) is 2.04. The zero-order chi connectivity index (χ0) is 15.6. The molecule has 1 heterocycles. The molecule has 0 aliphatic carbocycles. The van der Waals surface area contributed by atoms with Crippen LogP contribution in [-0.4, -0.2) is 17.1 Å². The lowest BCUT2D eigenvalue weighted by atomic mass is 9.91. The van der Waals surface area contributed by atoms with E-state index in [1.807, 2.05) is 30.1 Å². The Kier molecular flexibility index (Phi) is 4.28. The second-order valence-corrected chi connectivity index (χ2v) is 6.17. The van der Waals surface area contributed by atoms with E-state index in [4.69, 9.17) is 0 Å². The summed E-state index contributed by atoms with van der Waals surface area (Å²) in [4.78, 5) is 6.47. The fourth-order valence-electron chi connectivity index (χ4n) is 2.04. The van der Waals surface area contributed by atoms with Gasteiger partial charge in [0.15, 0.2) is 0 Å². The predicted molar refractivity (Wildman–Crippen MR) is 83.3 cm³/mol. The Hall–Kier alpha value is -1.94. The summed E-state index contributed by atoms with van der Waals surface area (Å²) in [7, 11) is 1.84. The average molecular weight is 288 g/mol. The van der Waals surface area contributed by atoms with E-state index in [0.29, 0.717) is 5.82 Å². The zero-order valence-electron chi connectivity index (χ0n) is 12.9. The molecule has 1 aromatic carbocycles. The Morgan fingerprint density at radius 1 is 1.19 bits per heavy atom. The molecule has 0 saturated carbocycles. The van der Waals surface area contributed by atoms with Gasteiger partial charge in [-0.3, -0.25) is 0 Å². The highest BCUT2D eigenvalue weighted by molar-refractivity contribution is 5.60. The first-order valence-corrected chi connectivity index (χ1v) is 6.93. The molecule has 21 heavy (non-hydrogen) atoms. The SMILES string of the molecule is CN(c1cccc(F)c1)c1cc(CO)cc(C(C)(C)C)n1. The number of nitrogens with zero attached hydrogens (tertiary/aromatic N) is 2. The van der Waals surface area contributed by atoms with Gasteiger partial charge in [-0.05, 0) is 35.9 Å². The van der Waals surface area contributed by atoms with E-state index in [2.05, 4.69) is 25.8 Å². The van der Waals surface area contributed by atoms with Crippen LogP contribution in [-0.2, 0) is 12.0 Å². The molecule has 0 aliphatic heterocycles. The van der Waals surface area contributed by atoms with Gasteiger partial charge in [0, 0.05) is 23.8 Å². The molecule has 0 atom stereocenters.